The first-order chi connectivity index (χ1) is 9.86. The maximum Gasteiger partial charge on any atom is 0.124 e. The first-order valence-electron chi connectivity index (χ1n) is 6.26. The number of aliphatic hydroxyl groups is 1. The second-order valence-electron chi connectivity index (χ2n) is 4.32. The summed E-state index contributed by atoms with van der Waals surface area (Å²) in [7, 11) is 0. The van der Waals surface area contributed by atoms with Crippen LogP contribution in [0.2, 0.25) is 0 Å². The number of hydrogen-bond acceptors (Lipinski definition) is 5. The van der Waals surface area contributed by atoms with Crippen LogP contribution in [0.1, 0.15) is 11.3 Å². The van der Waals surface area contributed by atoms with E-state index in [0.717, 1.165) is 22.0 Å². The number of thiazole rings is 1. The number of anilines is 1. The Labute approximate surface area is 125 Å². The molecule has 3 rings (SSSR count). The summed E-state index contributed by atoms with van der Waals surface area (Å²) in [4.78, 5) is 4.62. The molecule has 2 aromatic heterocycles. The molecule has 3 aromatic rings. The summed E-state index contributed by atoms with van der Waals surface area (Å²) in [6.07, 6.45) is 0. The standard InChI is InChI=1S/C15H14N2OS2/c18-8-11-3-1-2-4-14(11)16-7-13-10-20-15(17-13)12-5-6-19-9-12/h1-6,9-10,16,18H,7-8H2. The van der Waals surface area contributed by atoms with E-state index in [1.165, 1.54) is 5.56 Å². The lowest BCUT2D eigenvalue weighted by Crippen LogP contribution is -2.02. The molecule has 0 amide bonds. The van der Waals surface area contributed by atoms with Crippen LogP contribution in [-0.2, 0) is 13.2 Å². The van der Waals surface area contributed by atoms with E-state index in [1.807, 2.05) is 24.3 Å². The molecule has 0 fully saturated rings. The molecule has 0 bridgehead atoms. The minimum Gasteiger partial charge on any atom is -0.392 e. The smallest absolute Gasteiger partial charge is 0.124 e. The third-order valence-corrected chi connectivity index (χ3v) is 4.59. The van der Waals surface area contributed by atoms with Gasteiger partial charge in [-0.15, -0.1) is 11.3 Å². The first kappa shape index (κ1) is 13.3. The van der Waals surface area contributed by atoms with E-state index in [1.54, 1.807) is 22.7 Å². The average molecular weight is 302 g/mol. The van der Waals surface area contributed by atoms with Crippen molar-refractivity contribution in [2.75, 3.05) is 5.32 Å². The molecule has 0 saturated heterocycles. The van der Waals surface area contributed by atoms with Crippen molar-refractivity contribution in [1.29, 1.82) is 0 Å². The van der Waals surface area contributed by atoms with Gasteiger partial charge in [-0.05, 0) is 17.5 Å². The van der Waals surface area contributed by atoms with E-state index < -0.39 is 0 Å². The summed E-state index contributed by atoms with van der Waals surface area (Å²) >= 11 is 3.34. The molecular formula is C15H14N2OS2. The predicted octanol–water partition coefficient (Wildman–Crippen LogP) is 3.98. The lowest BCUT2D eigenvalue weighted by atomic mass is 10.2. The molecule has 3 nitrogen and oxygen atoms in total. The SMILES string of the molecule is OCc1ccccc1NCc1csc(-c2ccsc2)n1. The Bertz CT molecular complexity index is 677. The Morgan fingerprint density at radius 2 is 2.05 bits per heavy atom. The summed E-state index contributed by atoms with van der Waals surface area (Å²) in [6, 6.07) is 9.85. The fourth-order valence-corrected chi connectivity index (χ4v) is 3.46. The molecule has 0 saturated carbocycles. The molecule has 5 heteroatoms. The van der Waals surface area contributed by atoms with Crippen LogP contribution in [0.5, 0.6) is 0 Å². The maximum atomic E-state index is 9.29. The van der Waals surface area contributed by atoms with Gasteiger partial charge in [-0.3, -0.25) is 0 Å². The van der Waals surface area contributed by atoms with Gasteiger partial charge in [0.2, 0.25) is 0 Å². The highest BCUT2D eigenvalue weighted by Gasteiger charge is 2.06. The second-order valence-corrected chi connectivity index (χ2v) is 5.96. The van der Waals surface area contributed by atoms with E-state index in [2.05, 4.69) is 32.5 Å². The van der Waals surface area contributed by atoms with Crippen molar-refractivity contribution in [3.8, 4) is 10.6 Å². The quantitative estimate of drug-likeness (QED) is 0.749. The van der Waals surface area contributed by atoms with Crippen LogP contribution in [-0.4, -0.2) is 10.1 Å². The van der Waals surface area contributed by atoms with Crippen LogP contribution in [0.3, 0.4) is 0 Å². The number of nitrogens with zero attached hydrogens (tertiary/aromatic N) is 1. The van der Waals surface area contributed by atoms with Crippen molar-refractivity contribution in [3.05, 3.63) is 57.7 Å². The average Bonchev–Trinajstić information content (AvgIpc) is 3.16. The molecule has 0 radical (unpaired) electrons. The number of rotatable bonds is 5. The van der Waals surface area contributed by atoms with Gasteiger partial charge in [0.05, 0.1) is 18.8 Å². The van der Waals surface area contributed by atoms with Gasteiger partial charge in [0.1, 0.15) is 5.01 Å². The molecule has 1 aromatic carbocycles. The van der Waals surface area contributed by atoms with Crippen LogP contribution < -0.4 is 5.32 Å². The van der Waals surface area contributed by atoms with Crippen molar-refractivity contribution in [2.45, 2.75) is 13.2 Å². The summed E-state index contributed by atoms with van der Waals surface area (Å²) < 4.78 is 0. The molecule has 0 spiro atoms. The Hall–Kier alpha value is -1.69. The van der Waals surface area contributed by atoms with Crippen LogP contribution in [0.4, 0.5) is 5.69 Å². The van der Waals surface area contributed by atoms with Gasteiger partial charge >= 0.3 is 0 Å². The zero-order chi connectivity index (χ0) is 13.8. The van der Waals surface area contributed by atoms with Gasteiger partial charge in [0.15, 0.2) is 0 Å². The topological polar surface area (TPSA) is 45.1 Å². The zero-order valence-electron chi connectivity index (χ0n) is 10.7. The molecular weight excluding hydrogens is 288 g/mol. The Balaban J connectivity index is 1.70. The predicted molar refractivity (Wildman–Crippen MR) is 85.1 cm³/mol. The maximum absolute atomic E-state index is 9.29. The first-order valence-corrected chi connectivity index (χ1v) is 8.08. The zero-order valence-corrected chi connectivity index (χ0v) is 12.4. The second kappa shape index (κ2) is 6.17. The van der Waals surface area contributed by atoms with Gasteiger partial charge in [-0.2, -0.15) is 11.3 Å². The van der Waals surface area contributed by atoms with Gasteiger partial charge < -0.3 is 10.4 Å². The third-order valence-electron chi connectivity index (χ3n) is 2.97. The lowest BCUT2D eigenvalue weighted by molar-refractivity contribution is 0.282. The van der Waals surface area contributed by atoms with Crippen LogP contribution >= 0.6 is 22.7 Å². The minimum atomic E-state index is 0.0421. The Morgan fingerprint density at radius 3 is 2.85 bits per heavy atom. The highest BCUT2D eigenvalue weighted by atomic mass is 32.1. The van der Waals surface area contributed by atoms with Crippen molar-refractivity contribution in [2.24, 2.45) is 0 Å². The molecule has 0 aliphatic rings. The Morgan fingerprint density at radius 1 is 1.15 bits per heavy atom. The van der Waals surface area contributed by atoms with Crippen molar-refractivity contribution in [1.82, 2.24) is 4.98 Å². The van der Waals surface area contributed by atoms with E-state index in [9.17, 15) is 5.11 Å². The van der Waals surface area contributed by atoms with Crippen molar-refractivity contribution < 1.29 is 5.11 Å². The van der Waals surface area contributed by atoms with Crippen molar-refractivity contribution in [3.63, 3.8) is 0 Å². The van der Waals surface area contributed by atoms with Gasteiger partial charge in [0, 0.05) is 27.6 Å². The number of para-hydroxylation sites is 1. The number of hydrogen-bond donors (Lipinski definition) is 2. The summed E-state index contributed by atoms with van der Waals surface area (Å²) in [5, 5.41) is 19.9. The van der Waals surface area contributed by atoms with E-state index >= 15 is 0 Å². The Kier molecular flexibility index (Phi) is 4.11. The van der Waals surface area contributed by atoms with Gasteiger partial charge in [-0.25, -0.2) is 4.98 Å². The summed E-state index contributed by atoms with van der Waals surface area (Å²) in [5.41, 5.74) is 4.06. The number of aliphatic hydroxyl groups excluding tert-OH is 1. The minimum absolute atomic E-state index is 0.0421. The molecule has 2 heterocycles. The number of nitrogens with one attached hydrogen (secondary N) is 1. The van der Waals surface area contributed by atoms with Gasteiger partial charge in [-0.1, -0.05) is 18.2 Å². The monoisotopic (exact) mass is 302 g/mol. The highest BCUT2D eigenvalue weighted by molar-refractivity contribution is 7.14. The molecule has 20 heavy (non-hydrogen) atoms. The summed E-state index contributed by atoms with van der Waals surface area (Å²) in [5.74, 6) is 0. The van der Waals surface area contributed by atoms with E-state index in [4.69, 9.17) is 0 Å². The largest absolute Gasteiger partial charge is 0.392 e. The van der Waals surface area contributed by atoms with Crippen molar-refractivity contribution >= 4 is 28.4 Å². The fraction of sp³-hybridized carbons (Fsp3) is 0.133. The fourth-order valence-electron chi connectivity index (χ4n) is 1.92. The normalized spacial score (nSPS) is 10.7. The molecule has 2 N–H and O–H groups in total. The van der Waals surface area contributed by atoms with Crippen LogP contribution in [0, 0.1) is 0 Å². The summed E-state index contributed by atoms with van der Waals surface area (Å²) in [6.45, 7) is 0.706. The number of aromatic nitrogens is 1. The number of thiophene rings is 1. The molecule has 0 aliphatic heterocycles. The van der Waals surface area contributed by atoms with Crippen LogP contribution in [0.15, 0.2) is 46.5 Å². The molecule has 0 atom stereocenters. The van der Waals surface area contributed by atoms with Gasteiger partial charge in [0.25, 0.3) is 0 Å². The molecule has 102 valence electrons. The van der Waals surface area contributed by atoms with E-state index in [0.29, 0.717) is 6.54 Å². The molecule has 0 aliphatic carbocycles. The number of benzene rings is 1. The van der Waals surface area contributed by atoms with E-state index in [-0.39, 0.29) is 6.61 Å². The third kappa shape index (κ3) is 2.90. The molecule has 0 unspecified atom stereocenters. The highest BCUT2D eigenvalue weighted by Crippen LogP contribution is 2.26. The van der Waals surface area contributed by atoms with Crippen LogP contribution in [0.25, 0.3) is 10.6 Å². The lowest BCUT2D eigenvalue weighted by Gasteiger charge is -2.08.